The zero-order valence-electron chi connectivity index (χ0n) is 11.7. The Labute approximate surface area is 131 Å². The van der Waals surface area contributed by atoms with Gasteiger partial charge in [-0.2, -0.15) is 0 Å². The van der Waals surface area contributed by atoms with Gasteiger partial charge in [0.15, 0.2) is 5.75 Å². The van der Waals surface area contributed by atoms with Crippen LogP contribution in [0.1, 0.15) is 18.9 Å². The minimum Gasteiger partial charge on any atom is -0.486 e. The number of aryl methyl sites for hydroxylation is 1. The van der Waals surface area contributed by atoms with Crippen LogP contribution >= 0.6 is 15.9 Å². The number of halogens is 1. The highest BCUT2D eigenvalue weighted by Crippen LogP contribution is 2.34. The summed E-state index contributed by atoms with van der Waals surface area (Å²) in [4.78, 5) is 10.5. The summed E-state index contributed by atoms with van der Waals surface area (Å²) in [5, 5.41) is 16.1. The highest BCUT2D eigenvalue weighted by molar-refractivity contribution is 9.10. The molecule has 0 aromatic heterocycles. The van der Waals surface area contributed by atoms with Crippen LogP contribution in [-0.2, 0) is 10.0 Å². The normalized spacial score (nSPS) is 13.0. The van der Waals surface area contributed by atoms with Crippen LogP contribution in [-0.4, -0.2) is 25.7 Å². The van der Waals surface area contributed by atoms with Gasteiger partial charge in [-0.25, -0.2) is 13.6 Å². The average molecular weight is 381 g/mol. The second-order valence-electron chi connectivity index (χ2n) is 4.74. The number of hydrogen-bond donors (Lipinski definition) is 1. The van der Waals surface area contributed by atoms with E-state index in [0.717, 1.165) is 0 Å². The molecule has 21 heavy (non-hydrogen) atoms. The van der Waals surface area contributed by atoms with Crippen LogP contribution in [0.4, 0.5) is 5.69 Å². The molecular weight excluding hydrogens is 364 g/mol. The average Bonchev–Trinajstić information content (AvgIpc) is 2.33. The Morgan fingerprint density at radius 3 is 2.57 bits per heavy atom. The minimum atomic E-state index is -3.60. The molecule has 0 saturated carbocycles. The number of nitrogens with two attached hydrogens (primary N) is 1. The van der Waals surface area contributed by atoms with Gasteiger partial charge in [-0.15, -0.1) is 0 Å². The highest BCUT2D eigenvalue weighted by atomic mass is 79.9. The van der Waals surface area contributed by atoms with E-state index in [1.54, 1.807) is 13.0 Å². The van der Waals surface area contributed by atoms with Gasteiger partial charge >= 0.3 is 5.69 Å². The first kappa shape index (κ1) is 17.9. The molecule has 118 valence electrons. The molecule has 0 aliphatic rings. The molecule has 2 N–H and O–H groups in total. The Bertz CT molecular complexity index is 633. The first-order valence-corrected chi connectivity index (χ1v) is 8.72. The summed E-state index contributed by atoms with van der Waals surface area (Å²) in [5.74, 6) is -0.383. The molecule has 0 saturated heterocycles. The molecular formula is C12H17BrN2O5S. The van der Waals surface area contributed by atoms with E-state index in [-0.39, 0.29) is 29.7 Å². The summed E-state index contributed by atoms with van der Waals surface area (Å²) in [5.41, 5.74) is 0.439. The molecule has 0 spiro atoms. The number of primary sulfonamides is 1. The SMILES string of the molecule is CCC(COc1c(C)cc(Br)cc1[N+](=O)[O-])CS(N)(=O)=O. The van der Waals surface area contributed by atoms with Crippen LogP contribution in [0, 0.1) is 23.0 Å². The first-order valence-electron chi connectivity index (χ1n) is 6.21. The topological polar surface area (TPSA) is 113 Å². The van der Waals surface area contributed by atoms with Crippen LogP contribution in [0.5, 0.6) is 5.75 Å². The van der Waals surface area contributed by atoms with E-state index in [1.165, 1.54) is 6.07 Å². The number of nitro groups is 1. The quantitative estimate of drug-likeness (QED) is 0.576. The molecule has 1 unspecified atom stereocenters. The lowest BCUT2D eigenvalue weighted by Gasteiger charge is -2.16. The van der Waals surface area contributed by atoms with E-state index in [2.05, 4.69) is 15.9 Å². The second kappa shape index (κ2) is 7.19. The maximum Gasteiger partial charge on any atom is 0.312 e. The summed E-state index contributed by atoms with van der Waals surface area (Å²) in [6.45, 7) is 3.55. The Kier molecular flexibility index (Phi) is 6.11. The molecule has 0 heterocycles. The van der Waals surface area contributed by atoms with Gasteiger partial charge in [0.1, 0.15) is 0 Å². The van der Waals surface area contributed by atoms with Gasteiger partial charge in [-0.1, -0.05) is 22.9 Å². The molecule has 1 aromatic rings. The second-order valence-corrected chi connectivity index (χ2v) is 7.32. The molecule has 0 radical (unpaired) electrons. The van der Waals surface area contributed by atoms with Crippen molar-refractivity contribution in [2.45, 2.75) is 20.3 Å². The lowest BCUT2D eigenvalue weighted by molar-refractivity contribution is -0.386. The maximum absolute atomic E-state index is 11.1. The molecule has 0 aliphatic carbocycles. The van der Waals surface area contributed by atoms with Crippen LogP contribution in [0.15, 0.2) is 16.6 Å². The number of sulfonamides is 1. The monoisotopic (exact) mass is 380 g/mol. The van der Waals surface area contributed by atoms with E-state index >= 15 is 0 Å². The van der Waals surface area contributed by atoms with Crippen LogP contribution < -0.4 is 9.88 Å². The molecule has 0 aliphatic heterocycles. The summed E-state index contributed by atoms with van der Waals surface area (Å²) in [7, 11) is -3.60. The van der Waals surface area contributed by atoms with Crippen LogP contribution in [0.25, 0.3) is 0 Å². The fraction of sp³-hybridized carbons (Fsp3) is 0.500. The standard InChI is InChI=1S/C12H17BrN2O5S/c1-3-9(7-21(14,18)19)6-20-12-8(2)4-10(13)5-11(12)15(16)17/h4-5,9H,3,6-7H2,1-2H3,(H2,14,18,19). The Balaban J connectivity index is 2.95. The summed E-state index contributed by atoms with van der Waals surface area (Å²) in [6, 6.07) is 3.05. The molecule has 9 heteroatoms. The summed E-state index contributed by atoms with van der Waals surface area (Å²) < 4.78 is 28.3. The first-order chi connectivity index (χ1) is 9.64. The zero-order chi connectivity index (χ0) is 16.2. The van der Waals surface area contributed by atoms with Crippen molar-refractivity contribution in [2.24, 2.45) is 11.1 Å². The smallest absolute Gasteiger partial charge is 0.312 e. The third-order valence-electron chi connectivity index (χ3n) is 2.93. The van der Waals surface area contributed by atoms with Crippen molar-refractivity contribution >= 4 is 31.6 Å². The molecule has 1 atom stereocenters. The van der Waals surface area contributed by atoms with E-state index in [1.807, 2.05) is 6.92 Å². The van der Waals surface area contributed by atoms with E-state index in [0.29, 0.717) is 16.5 Å². The number of ether oxygens (including phenoxy) is 1. The minimum absolute atomic E-state index is 0.0518. The van der Waals surface area contributed by atoms with E-state index in [9.17, 15) is 18.5 Å². The molecule has 7 nitrogen and oxygen atoms in total. The molecule has 0 amide bonds. The van der Waals surface area contributed by atoms with Gasteiger partial charge in [0.05, 0.1) is 17.3 Å². The number of hydrogen-bond acceptors (Lipinski definition) is 5. The number of rotatable bonds is 7. The van der Waals surface area contributed by atoms with Gasteiger partial charge in [0, 0.05) is 16.5 Å². The summed E-state index contributed by atoms with van der Waals surface area (Å²) in [6.07, 6.45) is 0.541. The van der Waals surface area contributed by atoms with E-state index in [4.69, 9.17) is 9.88 Å². The lowest BCUT2D eigenvalue weighted by atomic mass is 10.1. The predicted octanol–water partition coefficient (Wildman–Crippen LogP) is 2.36. The third kappa shape index (κ3) is 5.60. The Morgan fingerprint density at radius 1 is 1.48 bits per heavy atom. The van der Waals surface area contributed by atoms with Crippen molar-refractivity contribution in [1.29, 1.82) is 0 Å². The van der Waals surface area contributed by atoms with Gasteiger partial charge < -0.3 is 4.74 Å². The molecule has 1 rings (SSSR count). The zero-order valence-corrected chi connectivity index (χ0v) is 14.1. The molecule has 0 bridgehead atoms. The number of benzene rings is 1. The fourth-order valence-corrected chi connectivity index (χ4v) is 3.40. The van der Waals surface area contributed by atoms with Crippen LogP contribution in [0.2, 0.25) is 0 Å². The van der Waals surface area contributed by atoms with E-state index < -0.39 is 14.9 Å². The summed E-state index contributed by atoms with van der Waals surface area (Å²) >= 11 is 3.19. The van der Waals surface area contributed by atoms with Crippen molar-refractivity contribution in [3.63, 3.8) is 0 Å². The van der Waals surface area contributed by atoms with Crippen molar-refractivity contribution in [3.05, 3.63) is 32.3 Å². The fourth-order valence-electron chi connectivity index (χ4n) is 1.85. The van der Waals surface area contributed by atoms with Crippen molar-refractivity contribution < 1.29 is 18.1 Å². The third-order valence-corrected chi connectivity index (χ3v) is 4.32. The van der Waals surface area contributed by atoms with Gasteiger partial charge in [0.25, 0.3) is 0 Å². The highest BCUT2D eigenvalue weighted by Gasteiger charge is 2.21. The van der Waals surface area contributed by atoms with Gasteiger partial charge in [-0.3, -0.25) is 10.1 Å². The maximum atomic E-state index is 11.1. The van der Waals surface area contributed by atoms with Crippen molar-refractivity contribution in [2.75, 3.05) is 12.4 Å². The Hall–Kier alpha value is -1.19. The number of nitrogens with zero attached hydrogens (tertiary/aromatic N) is 1. The Morgan fingerprint density at radius 2 is 2.10 bits per heavy atom. The largest absolute Gasteiger partial charge is 0.486 e. The van der Waals surface area contributed by atoms with Gasteiger partial charge in [0.2, 0.25) is 10.0 Å². The van der Waals surface area contributed by atoms with Gasteiger partial charge in [-0.05, 0) is 25.0 Å². The number of nitro benzene ring substituents is 1. The van der Waals surface area contributed by atoms with Crippen molar-refractivity contribution in [3.8, 4) is 5.75 Å². The predicted molar refractivity (Wildman–Crippen MR) is 82.8 cm³/mol. The van der Waals surface area contributed by atoms with Crippen molar-refractivity contribution in [1.82, 2.24) is 0 Å². The van der Waals surface area contributed by atoms with Crippen LogP contribution in [0.3, 0.4) is 0 Å². The lowest BCUT2D eigenvalue weighted by Crippen LogP contribution is -2.26. The molecule has 1 aromatic carbocycles. The molecule has 0 fully saturated rings.